The highest BCUT2D eigenvalue weighted by Gasteiger charge is 2.35. The zero-order valence-electron chi connectivity index (χ0n) is 61.4. The summed E-state index contributed by atoms with van der Waals surface area (Å²) >= 11 is 0. The van der Waals surface area contributed by atoms with Gasteiger partial charge in [-0.05, 0) is 36.4 Å². The van der Waals surface area contributed by atoms with Crippen molar-refractivity contribution in [2.24, 2.45) is 21.1 Å². The number of hydrogen-bond acceptors (Lipinski definition) is 27. The lowest BCUT2D eigenvalue weighted by molar-refractivity contribution is -0.385. The first-order chi connectivity index (χ1) is 53.1. The number of aliphatic hydroxyl groups is 6. The number of aryl methyl sites for hydroxylation is 3. The van der Waals surface area contributed by atoms with Crippen LogP contribution in [0, 0.1) is 30.3 Å². The number of rotatable bonds is 33. The molecule has 39 heteroatoms. The normalized spacial score (nSPS) is 12.8. The van der Waals surface area contributed by atoms with Crippen LogP contribution < -0.4 is 28.4 Å². The van der Waals surface area contributed by atoms with E-state index in [1.807, 2.05) is 0 Å². The molecule has 0 unspecified atom stereocenters. The molecule has 0 saturated carbocycles. The van der Waals surface area contributed by atoms with Gasteiger partial charge in [0.2, 0.25) is 30.1 Å². The molecule has 0 spiro atoms. The third-order valence-electron chi connectivity index (χ3n) is 18.7. The maximum atomic E-state index is 15.3. The summed E-state index contributed by atoms with van der Waals surface area (Å²) in [4.78, 5) is 50.3. The lowest BCUT2D eigenvalue weighted by Crippen LogP contribution is -2.36. The van der Waals surface area contributed by atoms with E-state index in [0.717, 1.165) is 49.3 Å². The number of nitro benzene ring substituents is 3. The van der Waals surface area contributed by atoms with E-state index in [-0.39, 0.29) is 121 Å². The summed E-state index contributed by atoms with van der Waals surface area (Å²) < 4.78 is 138. The molecule has 1 aliphatic carbocycles. The number of non-ortho nitro benzene ring substituents is 3. The van der Waals surface area contributed by atoms with Gasteiger partial charge in [0.05, 0.1) is 90.4 Å². The lowest BCUT2D eigenvalue weighted by Gasteiger charge is -2.25. The molecule has 0 amide bonds. The molecule has 0 atom stereocenters. The van der Waals surface area contributed by atoms with Crippen molar-refractivity contribution in [2.45, 2.75) is 73.0 Å². The molecule has 1 aliphatic rings. The van der Waals surface area contributed by atoms with Crippen molar-refractivity contribution in [2.75, 3.05) is 100 Å². The van der Waals surface area contributed by atoms with Crippen LogP contribution in [0.3, 0.4) is 0 Å². The van der Waals surface area contributed by atoms with Crippen LogP contribution in [0.1, 0.15) is 84.2 Å². The molecule has 0 fully saturated rings. The summed E-state index contributed by atoms with van der Waals surface area (Å²) in [5.74, 6) is 0.315. The van der Waals surface area contributed by atoms with Crippen molar-refractivity contribution in [3.05, 3.63) is 225 Å². The smallest absolute Gasteiger partial charge is 0.270 e. The van der Waals surface area contributed by atoms with Gasteiger partial charge in [-0.15, -0.1) is 0 Å². The van der Waals surface area contributed by atoms with Crippen LogP contribution in [0.2, 0.25) is 0 Å². The zero-order chi connectivity index (χ0) is 80.2. The third-order valence-corrected chi connectivity index (χ3v) is 24.3. The second-order valence-electron chi connectivity index (χ2n) is 25.7. The van der Waals surface area contributed by atoms with Gasteiger partial charge in [0.1, 0.15) is 71.8 Å². The summed E-state index contributed by atoms with van der Waals surface area (Å²) in [6, 6.07) is 14.2. The van der Waals surface area contributed by atoms with Gasteiger partial charge >= 0.3 is 0 Å². The first kappa shape index (κ1) is 82.9. The monoisotopic (exact) mass is 1600 g/mol. The Hall–Kier alpha value is -10.6. The van der Waals surface area contributed by atoms with E-state index in [9.17, 15) is 61.0 Å². The van der Waals surface area contributed by atoms with E-state index in [4.69, 9.17) is 28.4 Å². The van der Waals surface area contributed by atoms with Crippen LogP contribution in [0.5, 0.6) is 34.5 Å². The van der Waals surface area contributed by atoms with Crippen LogP contribution in [0.4, 0.5) is 17.1 Å². The van der Waals surface area contributed by atoms with Gasteiger partial charge < -0.3 is 72.8 Å². The van der Waals surface area contributed by atoms with E-state index in [1.165, 1.54) is 76.3 Å². The Morgan fingerprint density at radius 2 is 0.541 bits per heavy atom. The quantitative estimate of drug-likeness (QED) is 0.0248. The van der Waals surface area contributed by atoms with E-state index in [1.54, 1.807) is 53.4 Å². The van der Waals surface area contributed by atoms with Gasteiger partial charge in [0.25, 0.3) is 17.1 Å². The number of aromatic nitrogens is 6. The van der Waals surface area contributed by atoms with Crippen LogP contribution in [0.15, 0.2) is 125 Å². The number of aliphatic hydroxyl groups excluding tert-OH is 6. The minimum atomic E-state index is -4.85. The number of benzene rings is 6. The Morgan fingerprint density at radius 3 is 0.694 bits per heavy atom. The molecule has 0 saturated heterocycles. The number of nitrogens with zero attached hydrogens (tertiary/aromatic N) is 12. The largest absolute Gasteiger partial charge is 0.496 e. The fourth-order valence-corrected chi connectivity index (χ4v) is 18.1. The number of nitro groups is 3. The van der Waals surface area contributed by atoms with Crippen LogP contribution >= 0.6 is 0 Å². The summed E-state index contributed by atoms with van der Waals surface area (Å²) in [5, 5.41) is 102. The Bertz CT molecular complexity index is 4610. The molecule has 3 heterocycles. The van der Waals surface area contributed by atoms with Gasteiger partial charge in [-0.3, -0.25) is 30.3 Å². The maximum Gasteiger partial charge on any atom is 0.270 e. The highest BCUT2D eigenvalue weighted by atomic mass is 32.2. The summed E-state index contributed by atoms with van der Waals surface area (Å²) in [6.45, 7) is -8.63. The number of ether oxygens (including phenoxy) is 6. The molecule has 12 bridgehead atoms. The Balaban J connectivity index is 1.40. The first-order valence-electron chi connectivity index (χ1n) is 34.5. The van der Waals surface area contributed by atoms with E-state index in [2.05, 4.69) is 15.0 Å². The molecule has 0 aliphatic heterocycles. The minimum absolute atomic E-state index is 0.0259. The molecule has 594 valence electrons. The van der Waals surface area contributed by atoms with Gasteiger partial charge in [0, 0.05) is 239 Å². The topological polar surface area (TPSA) is 472 Å². The second-order valence-corrected chi connectivity index (χ2v) is 31.5. The maximum absolute atomic E-state index is 15.3. The zero-order valence-corrected chi connectivity index (χ0v) is 63.8. The Morgan fingerprint density at radius 1 is 0.351 bits per heavy atom. The number of methoxy groups -OCH3 is 3. The van der Waals surface area contributed by atoms with E-state index < -0.39 is 194 Å². The van der Waals surface area contributed by atoms with E-state index in [0.29, 0.717) is 17.5 Å². The first-order valence-corrected chi connectivity index (χ1v) is 38.8. The van der Waals surface area contributed by atoms with Crippen molar-refractivity contribution < 1.29 is 99.1 Å². The standard InChI is InChI=1S/C72H84N12O24S3/c1-76-10-7-73-64(76)43-106-70-52-25-46-31-58(82(91)92)33-48(67(46)103-4)27-54-39-62(110(99,100)80(15-21-87)16-22-88)41-56(71(54)107-44-65-74-8-11-77(65)2)29-50-35-60(84(95)96)36-51(69(50)105-6)30-57-42-63(111(101,102)81(17-23-89)18-24-90)40-55(72(57)108-45-66-75-9-12-78(66)3)28-49-34-59(83(93)94)32-47(68(49)104-5)26-53(70)38-61(37-52)109(97,98)79(13-19-85)14-20-86/h7-12,31-42,85-90H,13-30,43-45H2,1-6H3. The molecule has 6 N–H and O–H groups in total. The van der Waals surface area contributed by atoms with Crippen molar-refractivity contribution in [3.63, 3.8) is 0 Å². The third kappa shape index (κ3) is 18.4. The molecule has 3 aromatic heterocycles. The van der Waals surface area contributed by atoms with Crippen molar-refractivity contribution in [3.8, 4) is 34.5 Å². The van der Waals surface area contributed by atoms with Gasteiger partial charge in [-0.2, -0.15) is 12.9 Å². The molecular formula is C72H84N12O24S3. The second kappa shape index (κ2) is 36.1. The average Bonchev–Trinajstić information content (AvgIpc) is 1.16. The predicted octanol–water partition coefficient (Wildman–Crippen LogP) is 4.16. The molecule has 0 radical (unpaired) electrons. The molecule has 6 aromatic carbocycles. The number of sulfonamides is 3. The van der Waals surface area contributed by atoms with Crippen molar-refractivity contribution in [1.29, 1.82) is 0 Å². The summed E-state index contributed by atoms with van der Waals surface area (Å²) in [7, 11) is -5.79. The predicted molar refractivity (Wildman–Crippen MR) is 397 cm³/mol. The van der Waals surface area contributed by atoms with Crippen molar-refractivity contribution in [1.82, 2.24) is 41.6 Å². The van der Waals surface area contributed by atoms with Gasteiger partial charge in [0.15, 0.2) is 0 Å². The minimum Gasteiger partial charge on any atom is -0.496 e. The molecule has 36 nitrogen and oxygen atoms in total. The van der Waals surface area contributed by atoms with Crippen molar-refractivity contribution >= 4 is 47.1 Å². The fourth-order valence-electron chi connectivity index (χ4n) is 13.5. The summed E-state index contributed by atoms with van der Waals surface area (Å²) in [6.07, 6.45) is 6.10. The van der Waals surface area contributed by atoms with Gasteiger partial charge in [-0.1, -0.05) is 0 Å². The van der Waals surface area contributed by atoms with E-state index >= 15 is 25.3 Å². The molecule has 10 rings (SSSR count). The van der Waals surface area contributed by atoms with Crippen LogP contribution in [-0.4, -0.2) is 212 Å². The SMILES string of the molecule is COc1c2cc([N+](=O)[O-])cc1Cc1cc(S(=O)(=O)N(CCO)CCO)cc(c1OCc1nccn1C)Cc1cc([N+](=O)[O-])cc(c1OC)Cc1cc(S(=O)(=O)N(CCO)CCO)cc(c1OCc1nccn1C)Cc1cc([N+](=O)[O-])cc(c1OC)Cc1cc(S(=O)(=O)N(CCO)CCO)cc(c1OCc1nccn1C)C2. The average molecular weight is 1600 g/mol. The highest BCUT2D eigenvalue weighted by molar-refractivity contribution is 7.89. The van der Waals surface area contributed by atoms with Crippen LogP contribution in [-0.2, 0) is 110 Å². The van der Waals surface area contributed by atoms with Gasteiger partial charge in [-0.25, -0.2) is 40.2 Å². The number of fused-ring (bicyclic) bond motifs is 12. The molecular weight excluding hydrogens is 1510 g/mol. The molecule has 111 heavy (non-hydrogen) atoms. The fraction of sp³-hybridized carbons (Fsp3) is 0.375. The molecule has 9 aromatic rings. The lowest BCUT2D eigenvalue weighted by atomic mass is 9.90. The number of imidazole rings is 3. The summed E-state index contributed by atoms with van der Waals surface area (Å²) in [5.41, 5.74) is -2.13. The Kier molecular flexibility index (Phi) is 26.9. The Labute approximate surface area is 638 Å². The number of hydrogen-bond donors (Lipinski definition) is 6. The van der Waals surface area contributed by atoms with Crippen LogP contribution in [0.25, 0.3) is 0 Å². The highest BCUT2D eigenvalue weighted by Crippen LogP contribution is 2.46.